The highest BCUT2D eigenvalue weighted by molar-refractivity contribution is 7.09. The van der Waals surface area contributed by atoms with E-state index in [1.165, 1.54) is 0 Å². The fraction of sp³-hybridized carbons (Fsp3) is 0.600. The minimum Gasteiger partial charge on any atom is -0.351 e. The van der Waals surface area contributed by atoms with Gasteiger partial charge in [0, 0.05) is 11.5 Å². The zero-order chi connectivity index (χ0) is 11.7. The highest BCUT2D eigenvalue weighted by atomic mass is 32.1. The fourth-order valence-electron chi connectivity index (χ4n) is 0.586. The molecule has 0 unspecified atom stereocenters. The van der Waals surface area contributed by atoms with Gasteiger partial charge >= 0.3 is 12.4 Å². The lowest BCUT2D eigenvalue weighted by Crippen LogP contribution is -2.21. The smallest absolute Gasteiger partial charge is 0.351 e. The maximum atomic E-state index is 11.9. The van der Waals surface area contributed by atoms with Crippen molar-refractivity contribution < 1.29 is 26.3 Å². The summed E-state index contributed by atoms with van der Waals surface area (Å²) in [7, 11) is 0. The number of alkyl halides is 6. The average molecular weight is 251 g/mol. The summed E-state index contributed by atoms with van der Waals surface area (Å²) in [5.41, 5.74) is 0. The van der Waals surface area contributed by atoms with Crippen molar-refractivity contribution in [3.8, 4) is 0 Å². The topological polar surface area (TPSA) is 37.8 Å². The summed E-state index contributed by atoms with van der Waals surface area (Å²) in [4.78, 5) is 2.86. The van der Waals surface area contributed by atoms with E-state index in [4.69, 9.17) is 0 Å². The number of rotatable bonds is 2. The van der Waals surface area contributed by atoms with Crippen molar-refractivity contribution in [1.82, 2.24) is 9.36 Å². The van der Waals surface area contributed by atoms with E-state index >= 15 is 0 Å². The molecule has 0 radical (unpaired) electrons. The normalized spacial score (nSPS) is 12.9. The molecule has 0 fully saturated rings. The van der Waals surface area contributed by atoms with Crippen LogP contribution in [0, 0.1) is 0 Å². The molecular weight excluding hydrogens is 248 g/mol. The molecule has 86 valence electrons. The predicted octanol–water partition coefficient (Wildman–Crippen LogP) is 2.53. The van der Waals surface area contributed by atoms with Crippen LogP contribution in [0.25, 0.3) is 0 Å². The number of aromatic nitrogens is 2. The van der Waals surface area contributed by atoms with Crippen molar-refractivity contribution in [2.75, 3.05) is 11.9 Å². The third kappa shape index (κ3) is 3.90. The largest absolute Gasteiger partial charge is 0.452 e. The third-order valence-corrected chi connectivity index (χ3v) is 1.79. The van der Waals surface area contributed by atoms with E-state index in [1.807, 2.05) is 0 Å². The Bertz CT molecular complexity index is 328. The van der Waals surface area contributed by atoms with Crippen LogP contribution >= 0.6 is 11.5 Å². The molecule has 10 heteroatoms. The Morgan fingerprint density at radius 2 is 1.73 bits per heavy atom. The van der Waals surface area contributed by atoms with Crippen LogP contribution in [0.1, 0.15) is 5.82 Å². The van der Waals surface area contributed by atoms with Gasteiger partial charge in [-0.2, -0.15) is 35.7 Å². The summed E-state index contributed by atoms with van der Waals surface area (Å²) < 4.78 is 73.5. The second kappa shape index (κ2) is 3.83. The van der Waals surface area contributed by atoms with E-state index in [1.54, 1.807) is 5.32 Å². The fourth-order valence-corrected chi connectivity index (χ4v) is 1.17. The predicted molar refractivity (Wildman–Crippen MR) is 39.5 cm³/mol. The molecular formula is C5H3F6N3S. The average Bonchev–Trinajstić information content (AvgIpc) is 2.45. The maximum Gasteiger partial charge on any atom is 0.452 e. The summed E-state index contributed by atoms with van der Waals surface area (Å²) in [5, 5.41) is 1.18. The zero-order valence-corrected chi connectivity index (χ0v) is 7.59. The number of hydrogen-bond donors (Lipinski definition) is 1. The summed E-state index contributed by atoms with van der Waals surface area (Å²) in [5.74, 6) is -1.45. The Morgan fingerprint density at radius 1 is 1.13 bits per heavy atom. The van der Waals surface area contributed by atoms with Crippen molar-refractivity contribution in [2.45, 2.75) is 12.4 Å². The van der Waals surface area contributed by atoms with E-state index < -0.39 is 29.9 Å². The minimum atomic E-state index is -4.74. The van der Waals surface area contributed by atoms with Gasteiger partial charge in [-0.3, -0.25) is 0 Å². The summed E-state index contributed by atoms with van der Waals surface area (Å²) in [6, 6.07) is 0. The maximum absolute atomic E-state index is 11.9. The monoisotopic (exact) mass is 251 g/mol. The van der Waals surface area contributed by atoms with Gasteiger partial charge in [0.05, 0.1) is 0 Å². The second-order valence-corrected chi connectivity index (χ2v) is 3.14. The first-order valence-electron chi connectivity index (χ1n) is 3.40. The number of nitrogens with zero attached hydrogens (tertiary/aromatic N) is 2. The molecule has 0 aliphatic heterocycles. The van der Waals surface area contributed by atoms with E-state index in [0.29, 0.717) is 0 Å². The lowest BCUT2D eigenvalue weighted by Gasteiger charge is -2.05. The number of nitrogens with one attached hydrogen (secondary N) is 1. The first kappa shape index (κ1) is 12.0. The van der Waals surface area contributed by atoms with E-state index in [-0.39, 0.29) is 11.5 Å². The first-order valence-corrected chi connectivity index (χ1v) is 4.17. The van der Waals surface area contributed by atoms with Crippen molar-refractivity contribution >= 4 is 16.7 Å². The van der Waals surface area contributed by atoms with Gasteiger partial charge < -0.3 is 5.32 Å². The first-order chi connectivity index (χ1) is 6.68. The second-order valence-electron chi connectivity index (χ2n) is 2.39. The molecule has 0 amide bonds. The Labute approximate surface area is 83.3 Å². The van der Waals surface area contributed by atoms with Crippen LogP contribution in [0.5, 0.6) is 0 Å². The van der Waals surface area contributed by atoms with E-state index in [2.05, 4.69) is 9.36 Å². The minimum absolute atomic E-state index is 0.225. The molecule has 0 aromatic carbocycles. The molecule has 3 nitrogen and oxygen atoms in total. The van der Waals surface area contributed by atoms with Gasteiger partial charge in [-0.05, 0) is 0 Å². The highest BCUT2D eigenvalue weighted by Gasteiger charge is 2.36. The van der Waals surface area contributed by atoms with Crippen LogP contribution in [0.15, 0.2) is 0 Å². The number of anilines is 1. The van der Waals surface area contributed by atoms with Gasteiger partial charge in [0.1, 0.15) is 6.54 Å². The lowest BCUT2D eigenvalue weighted by molar-refractivity contribution is -0.144. The lowest BCUT2D eigenvalue weighted by atomic mass is 10.6. The standard InChI is InChI=1S/C5H3F6N3S/c6-4(7,8)1-12-3-13-2(14-15-3)5(9,10)11/h1H2,(H,12,13,14). The van der Waals surface area contributed by atoms with E-state index in [9.17, 15) is 26.3 Å². The van der Waals surface area contributed by atoms with Crippen LogP contribution in [0.4, 0.5) is 31.5 Å². The van der Waals surface area contributed by atoms with Crippen molar-refractivity contribution in [1.29, 1.82) is 0 Å². The Morgan fingerprint density at radius 3 is 2.13 bits per heavy atom. The van der Waals surface area contributed by atoms with Crippen molar-refractivity contribution in [2.24, 2.45) is 0 Å². The van der Waals surface area contributed by atoms with Gasteiger partial charge in [-0.1, -0.05) is 0 Å². The van der Waals surface area contributed by atoms with Gasteiger partial charge in [0.25, 0.3) is 0 Å². The third-order valence-electron chi connectivity index (χ3n) is 1.12. The molecule has 0 atom stereocenters. The molecule has 0 saturated heterocycles. The van der Waals surface area contributed by atoms with Crippen molar-refractivity contribution in [3.63, 3.8) is 0 Å². The molecule has 15 heavy (non-hydrogen) atoms. The van der Waals surface area contributed by atoms with Gasteiger partial charge in [0.2, 0.25) is 11.0 Å². The highest BCUT2D eigenvalue weighted by Crippen LogP contribution is 2.29. The molecule has 0 aliphatic carbocycles. The summed E-state index contributed by atoms with van der Waals surface area (Å²) in [6.45, 7) is -1.44. The summed E-state index contributed by atoms with van der Waals surface area (Å²) in [6.07, 6.45) is -9.25. The molecule has 0 spiro atoms. The zero-order valence-electron chi connectivity index (χ0n) is 6.78. The molecule has 1 N–H and O–H groups in total. The Kier molecular flexibility index (Phi) is 3.07. The molecule has 0 saturated carbocycles. The van der Waals surface area contributed by atoms with Crippen LogP contribution < -0.4 is 5.32 Å². The Balaban J connectivity index is 2.62. The van der Waals surface area contributed by atoms with Crippen LogP contribution in [0.3, 0.4) is 0 Å². The number of halogens is 6. The van der Waals surface area contributed by atoms with Gasteiger partial charge in [0.15, 0.2) is 0 Å². The molecule has 1 aromatic heterocycles. The van der Waals surface area contributed by atoms with Crippen LogP contribution in [-0.4, -0.2) is 22.1 Å². The van der Waals surface area contributed by atoms with Gasteiger partial charge in [-0.25, -0.2) is 0 Å². The number of hydrogen-bond acceptors (Lipinski definition) is 4. The van der Waals surface area contributed by atoms with Crippen molar-refractivity contribution in [3.05, 3.63) is 5.82 Å². The SMILES string of the molecule is FC(F)(F)CNc1nc(C(F)(F)F)ns1. The molecule has 1 rings (SSSR count). The Hall–Kier alpha value is -1.06. The van der Waals surface area contributed by atoms with Gasteiger partial charge in [-0.15, -0.1) is 0 Å². The summed E-state index contributed by atoms with van der Waals surface area (Å²) >= 11 is 0.225. The molecule has 1 heterocycles. The van der Waals surface area contributed by atoms with E-state index in [0.717, 1.165) is 0 Å². The molecule has 1 aromatic rings. The van der Waals surface area contributed by atoms with Crippen LogP contribution in [-0.2, 0) is 6.18 Å². The molecule has 0 bridgehead atoms. The molecule has 0 aliphatic rings. The van der Waals surface area contributed by atoms with Crippen LogP contribution in [0.2, 0.25) is 0 Å². The quantitative estimate of drug-likeness (QED) is 0.821.